The molecule has 1 aromatic carbocycles. The number of benzene rings is 1. The summed E-state index contributed by atoms with van der Waals surface area (Å²) in [6.45, 7) is 0.913. The van der Waals surface area contributed by atoms with Crippen molar-refractivity contribution in [3.63, 3.8) is 0 Å². The molecule has 3 rings (SSSR count). The van der Waals surface area contributed by atoms with E-state index in [0.29, 0.717) is 11.1 Å². The standard InChI is InChI=1S/C18H23Cl2NO2/c19-13-4-7-15(16(20)10-13)18(8-1-9-18)11-21-14-5-2-12(3-6-14)17(22)23/h4,7,10,12,14,21H,1-3,5-6,8-9,11H2,(H,22,23). The second kappa shape index (κ2) is 7.00. The van der Waals surface area contributed by atoms with Crippen molar-refractivity contribution in [2.75, 3.05) is 6.54 Å². The Labute approximate surface area is 147 Å². The summed E-state index contributed by atoms with van der Waals surface area (Å²) in [5.74, 6) is -0.803. The summed E-state index contributed by atoms with van der Waals surface area (Å²) in [4.78, 5) is 11.0. The molecular weight excluding hydrogens is 333 g/mol. The van der Waals surface area contributed by atoms with Gasteiger partial charge in [0.25, 0.3) is 0 Å². The molecule has 2 fully saturated rings. The van der Waals surface area contributed by atoms with Crippen molar-refractivity contribution in [2.24, 2.45) is 5.92 Å². The Morgan fingerprint density at radius 3 is 2.43 bits per heavy atom. The zero-order valence-corrected chi connectivity index (χ0v) is 14.7. The quantitative estimate of drug-likeness (QED) is 0.808. The van der Waals surface area contributed by atoms with E-state index < -0.39 is 5.97 Å². The van der Waals surface area contributed by atoms with E-state index >= 15 is 0 Å². The minimum atomic E-state index is -0.646. The molecule has 0 bridgehead atoms. The topological polar surface area (TPSA) is 49.3 Å². The predicted molar refractivity (Wildman–Crippen MR) is 93.4 cm³/mol. The maximum absolute atomic E-state index is 11.0. The van der Waals surface area contributed by atoms with Crippen LogP contribution in [0, 0.1) is 5.92 Å². The van der Waals surface area contributed by atoms with E-state index in [0.717, 1.165) is 50.1 Å². The minimum Gasteiger partial charge on any atom is -0.481 e. The minimum absolute atomic E-state index is 0.116. The molecular formula is C18H23Cl2NO2. The lowest BCUT2D eigenvalue weighted by atomic mass is 9.64. The molecule has 23 heavy (non-hydrogen) atoms. The number of carboxylic acid groups (broad SMARTS) is 1. The van der Waals surface area contributed by atoms with Crippen LogP contribution in [0.25, 0.3) is 0 Å². The summed E-state index contributed by atoms with van der Waals surface area (Å²) in [5.41, 5.74) is 1.31. The predicted octanol–water partition coefficient (Wildman–Crippen LogP) is 4.65. The van der Waals surface area contributed by atoms with E-state index in [9.17, 15) is 4.79 Å². The highest BCUT2D eigenvalue weighted by molar-refractivity contribution is 6.35. The van der Waals surface area contributed by atoms with Crippen molar-refractivity contribution in [3.05, 3.63) is 33.8 Å². The largest absolute Gasteiger partial charge is 0.481 e. The molecule has 2 aliphatic carbocycles. The van der Waals surface area contributed by atoms with Crippen molar-refractivity contribution in [1.82, 2.24) is 5.32 Å². The van der Waals surface area contributed by atoms with Gasteiger partial charge in [0.05, 0.1) is 5.92 Å². The second-order valence-electron chi connectivity index (χ2n) is 7.03. The summed E-state index contributed by atoms with van der Waals surface area (Å²) in [6, 6.07) is 6.23. The van der Waals surface area contributed by atoms with Crippen LogP contribution in [0.1, 0.15) is 50.5 Å². The van der Waals surface area contributed by atoms with Crippen molar-refractivity contribution >= 4 is 29.2 Å². The smallest absolute Gasteiger partial charge is 0.306 e. The number of hydrogen-bond acceptors (Lipinski definition) is 2. The molecule has 0 atom stereocenters. The summed E-state index contributed by atoms with van der Waals surface area (Å²) < 4.78 is 0. The summed E-state index contributed by atoms with van der Waals surface area (Å²) in [7, 11) is 0. The number of rotatable bonds is 5. The fourth-order valence-corrected chi connectivity index (χ4v) is 4.56. The molecule has 0 aromatic heterocycles. The molecule has 0 unspecified atom stereocenters. The van der Waals surface area contributed by atoms with Crippen molar-refractivity contribution in [1.29, 1.82) is 0 Å². The third kappa shape index (κ3) is 3.67. The average molecular weight is 356 g/mol. The highest BCUT2D eigenvalue weighted by Gasteiger charge is 2.40. The van der Waals surface area contributed by atoms with Crippen LogP contribution in [0.15, 0.2) is 18.2 Å². The Morgan fingerprint density at radius 2 is 1.91 bits per heavy atom. The van der Waals surface area contributed by atoms with Crippen LogP contribution >= 0.6 is 23.2 Å². The van der Waals surface area contributed by atoms with Gasteiger partial charge >= 0.3 is 5.97 Å². The van der Waals surface area contributed by atoms with Crippen LogP contribution in [0.5, 0.6) is 0 Å². The van der Waals surface area contributed by atoms with Gasteiger partial charge in [0.1, 0.15) is 0 Å². The van der Waals surface area contributed by atoms with Crippen LogP contribution in [0.4, 0.5) is 0 Å². The fourth-order valence-electron chi connectivity index (χ4n) is 3.95. The van der Waals surface area contributed by atoms with Gasteiger partial charge < -0.3 is 10.4 Å². The van der Waals surface area contributed by atoms with E-state index in [-0.39, 0.29) is 11.3 Å². The molecule has 0 heterocycles. The monoisotopic (exact) mass is 355 g/mol. The SMILES string of the molecule is O=C(O)C1CCC(NCC2(c3ccc(Cl)cc3Cl)CCC2)CC1. The van der Waals surface area contributed by atoms with E-state index in [1.165, 1.54) is 12.0 Å². The maximum Gasteiger partial charge on any atom is 0.306 e. The first-order chi connectivity index (χ1) is 11.0. The van der Waals surface area contributed by atoms with Gasteiger partial charge in [-0.05, 0) is 56.2 Å². The number of carboxylic acids is 1. The van der Waals surface area contributed by atoms with Gasteiger partial charge in [-0.15, -0.1) is 0 Å². The number of hydrogen-bond donors (Lipinski definition) is 2. The van der Waals surface area contributed by atoms with Crippen LogP contribution in [0.2, 0.25) is 10.0 Å². The summed E-state index contributed by atoms with van der Waals surface area (Å²) >= 11 is 12.4. The summed E-state index contributed by atoms with van der Waals surface area (Å²) in [5, 5.41) is 14.2. The molecule has 2 N–H and O–H groups in total. The average Bonchev–Trinajstić information content (AvgIpc) is 2.48. The molecule has 2 aliphatic rings. The van der Waals surface area contributed by atoms with Gasteiger partial charge in [0.15, 0.2) is 0 Å². The summed E-state index contributed by atoms with van der Waals surface area (Å²) in [6.07, 6.45) is 6.97. The normalized spacial score (nSPS) is 26.5. The molecule has 0 spiro atoms. The lowest BCUT2D eigenvalue weighted by molar-refractivity contribution is -0.142. The molecule has 0 radical (unpaired) electrons. The van der Waals surface area contributed by atoms with E-state index in [1.807, 2.05) is 12.1 Å². The van der Waals surface area contributed by atoms with Crippen molar-refractivity contribution < 1.29 is 9.90 Å². The highest BCUT2D eigenvalue weighted by Crippen LogP contribution is 2.46. The first-order valence-corrected chi connectivity index (χ1v) is 9.17. The lowest BCUT2D eigenvalue weighted by Crippen LogP contribution is -2.48. The number of halogens is 2. The van der Waals surface area contributed by atoms with Gasteiger partial charge in [0.2, 0.25) is 0 Å². The van der Waals surface area contributed by atoms with Gasteiger partial charge in [0, 0.05) is 28.0 Å². The van der Waals surface area contributed by atoms with Crippen LogP contribution < -0.4 is 5.32 Å². The van der Waals surface area contributed by atoms with Gasteiger partial charge in [-0.2, -0.15) is 0 Å². The van der Waals surface area contributed by atoms with Crippen LogP contribution in [0.3, 0.4) is 0 Å². The Morgan fingerprint density at radius 1 is 1.22 bits per heavy atom. The first-order valence-electron chi connectivity index (χ1n) is 8.42. The third-order valence-corrected chi connectivity index (χ3v) is 6.17. The zero-order valence-electron chi connectivity index (χ0n) is 13.2. The molecule has 126 valence electrons. The Balaban J connectivity index is 1.61. The number of nitrogens with one attached hydrogen (secondary N) is 1. The van der Waals surface area contributed by atoms with Gasteiger partial charge in [-0.3, -0.25) is 4.79 Å². The Bertz CT molecular complexity index is 578. The van der Waals surface area contributed by atoms with Gasteiger partial charge in [-0.25, -0.2) is 0 Å². The molecule has 5 heteroatoms. The zero-order chi connectivity index (χ0) is 16.4. The van der Waals surface area contributed by atoms with Crippen molar-refractivity contribution in [2.45, 2.75) is 56.4 Å². The lowest BCUT2D eigenvalue weighted by Gasteiger charge is -2.44. The molecule has 0 aliphatic heterocycles. The first kappa shape index (κ1) is 17.1. The van der Waals surface area contributed by atoms with Crippen molar-refractivity contribution in [3.8, 4) is 0 Å². The highest BCUT2D eigenvalue weighted by atomic mass is 35.5. The van der Waals surface area contributed by atoms with E-state index in [2.05, 4.69) is 11.4 Å². The van der Waals surface area contributed by atoms with Crippen LogP contribution in [-0.2, 0) is 10.2 Å². The Hall–Kier alpha value is -0.770. The second-order valence-corrected chi connectivity index (χ2v) is 7.87. The molecule has 0 saturated heterocycles. The molecule has 3 nitrogen and oxygen atoms in total. The fraction of sp³-hybridized carbons (Fsp3) is 0.611. The molecule has 1 aromatic rings. The van der Waals surface area contributed by atoms with E-state index in [4.69, 9.17) is 28.3 Å². The number of aliphatic carboxylic acids is 1. The van der Waals surface area contributed by atoms with E-state index in [1.54, 1.807) is 0 Å². The molecule has 0 amide bonds. The Kier molecular flexibility index (Phi) is 5.19. The molecule has 2 saturated carbocycles. The van der Waals surface area contributed by atoms with Gasteiger partial charge in [-0.1, -0.05) is 35.7 Å². The maximum atomic E-state index is 11.0. The van der Waals surface area contributed by atoms with Crippen LogP contribution in [-0.4, -0.2) is 23.7 Å². The third-order valence-electron chi connectivity index (χ3n) is 5.62. The number of carbonyl (C=O) groups is 1.